The number of piperidine rings is 1. The number of aryl methyl sites for hydroxylation is 2. The number of benzene rings is 1. The average Bonchev–Trinajstić information content (AvgIpc) is 3.05. The van der Waals surface area contributed by atoms with Crippen molar-refractivity contribution in [2.75, 3.05) is 13.1 Å². The molecule has 8 heteroatoms. The van der Waals surface area contributed by atoms with Gasteiger partial charge in [0.05, 0.1) is 0 Å². The Hall–Kier alpha value is -2.54. The number of carbonyl (C=O) groups excluding carboxylic acids is 2. The van der Waals surface area contributed by atoms with E-state index in [1.54, 1.807) is 23.0 Å². The summed E-state index contributed by atoms with van der Waals surface area (Å²) in [6.07, 6.45) is 3.39. The molecule has 1 aromatic heterocycles. The van der Waals surface area contributed by atoms with Crippen molar-refractivity contribution >= 4 is 23.4 Å². The van der Waals surface area contributed by atoms with E-state index in [9.17, 15) is 9.59 Å². The lowest BCUT2D eigenvalue weighted by molar-refractivity contribution is -0.136. The first-order valence-corrected chi connectivity index (χ1v) is 9.75. The Morgan fingerprint density at radius 1 is 1.36 bits per heavy atom. The molecule has 0 aliphatic carbocycles. The molecule has 2 N–H and O–H groups in total. The lowest BCUT2D eigenvalue weighted by Gasteiger charge is -2.38. The number of rotatable bonds is 7. The van der Waals surface area contributed by atoms with E-state index in [4.69, 9.17) is 22.1 Å². The van der Waals surface area contributed by atoms with Gasteiger partial charge in [-0.2, -0.15) is 5.10 Å². The third-order valence-electron chi connectivity index (χ3n) is 5.08. The van der Waals surface area contributed by atoms with Gasteiger partial charge >= 0.3 is 0 Å². The summed E-state index contributed by atoms with van der Waals surface area (Å²) in [4.78, 5) is 26.0. The summed E-state index contributed by atoms with van der Waals surface area (Å²) in [5.41, 5.74) is 6.45. The van der Waals surface area contributed by atoms with Crippen LogP contribution in [0.3, 0.4) is 0 Å². The van der Waals surface area contributed by atoms with Gasteiger partial charge in [0.1, 0.15) is 11.9 Å². The number of carbonyl (C=O) groups is 2. The number of amides is 2. The molecule has 28 heavy (non-hydrogen) atoms. The van der Waals surface area contributed by atoms with Crippen molar-refractivity contribution in [3.8, 4) is 5.75 Å². The number of primary amides is 1. The highest BCUT2D eigenvalue weighted by atomic mass is 35.5. The highest BCUT2D eigenvalue weighted by Gasteiger charge is 2.33. The predicted molar refractivity (Wildman–Crippen MR) is 106 cm³/mol. The third-order valence-corrected chi connectivity index (χ3v) is 5.32. The Kier molecular flexibility index (Phi) is 6.57. The minimum absolute atomic E-state index is 0.0666. The summed E-state index contributed by atoms with van der Waals surface area (Å²) in [7, 11) is 1.86. The van der Waals surface area contributed by atoms with Crippen molar-refractivity contribution in [1.29, 1.82) is 0 Å². The monoisotopic (exact) mass is 404 g/mol. The van der Waals surface area contributed by atoms with Crippen molar-refractivity contribution in [1.82, 2.24) is 14.7 Å². The van der Waals surface area contributed by atoms with Crippen LogP contribution in [-0.2, 0) is 23.1 Å². The first kappa shape index (κ1) is 20.2. The maximum atomic E-state index is 12.7. The highest BCUT2D eigenvalue weighted by molar-refractivity contribution is 6.30. The summed E-state index contributed by atoms with van der Waals surface area (Å²) in [5, 5.41) is 4.71. The second kappa shape index (κ2) is 9.10. The molecule has 0 bridgehead atoms. The van der Waals surface area contributed by atoms with Gasteiger partial charge in [-0.25, -0.2) is 0 Å². The molecular formula is C20H25ClN4O3. The molecule has 0 spiro atoms. The van der Waals surface area contributed by atoms with Crippen molar-refractivity contribution in [2.45, 2.75) is 31.8 Å². The number of halogens is 1. The Balaban J connectivity index is 1.61. The SMILES string of the molecule is Cn1nccc1CCC(=O)N1CC[C@H](Oc2cccc(Cl)c2)[C@@H](CC(N)=O)C1. The van der Waals surface area contributed by atoms with E-state index >= 15 is 0 Å². The molecule has 1 aliphatic heterocycles. The quantitative estimate of drug-likeness (QED) is 0.765. The smallest absolute Gasteiger partial charge is 0.222 e. The van der Waals surface area contributed by atoms with Crippen molar-refractivity contribution < 1.29 is 14.3 Å². The normalized spacial score (nSPS) is 19.4. The highest BCUT2D eigenvalue weighted by Crippen LogP contribution is 2.27. The number of hydrogen-bond donors (Lipinski definition) is 1. The van der Waals surface area contributed by atoms with Gasteiger partial charge in [0, 0.05) is 62.2 Å². The van der Waals surface area contributed by atoms with Gasteiger partial charge in [-0.05, 0) is 30.7 Å². The maximum absolute atomic E-state index is 12.7. The number of aromatic nitrogens is 2. The summed E-state index contributed by atoms with van der Waals surface area (Å²) in [6, 6.07) is 9.08. The van der Waals surface area contributed by atoms with Crippen LogP contribution in [0.1, 0.15) is 25.0 Å². The van der Waals surface area contributed by atoms with E-state index in [-0.39, 0.29) is 24.3 Å². The Morgan fingerprint density at radius 2 is 2.18 bits per heavy atom. The zero-order chi connectivity index (χ0) is 20.1. The van der Waals surface area contributed by atoms with Gasteiger partial charge in [0.25, 0.3) is 0 Å². The molecule has 2 atom stereocenters. The molecule has 2 heterocycles. The Morgan fingerprint density at radius 3 is 2.86 bits per heavy atom. The maximum Gasteiger partial charge on any atom is 0.222 e. The molecule has 3 rings (SSSR count). The van der Waals surface area contributed by atoms with Crippen molar-refractivity contribution in [3.05, 3.63) is 47.2 Å². The van der Waals surface area contributed by atoms with Crippen LogP contribution >= 0.6 is 11.6 Å². The standard InChI is InChI=1S/C20H25ClN4O3/c1-24-16(7-9-23-24)5-6-20(27)25-10-8-18(14(13-25)11-19(22)26)28-17-4-2-3-15(21)12-17/h2-4,7,9,12,14,18H,5-6,8,10-11,13H2,1H3,(H2,22,26)/t14-,18-/m0/s1. The van der Waals surface area contributed by atoms with Crippen LogP contribution in [0.2, 0.25) is 5.02 Å². The first-order chi connectivity index (χ1) is 13.4. The van der Waals surface area contributed by atoms with E-state index in [1.807, 2.05) is 30.1 Å². The summed E-state index contributed by atoms with van der Waals surface area (Å²) < 4.78 is 7.84. The molecule has 0 saturated carbocycles. The van der Waals surface area contributed by atoms with Crippen LogP contribution in [0, 0.1) is 5.92 Å². The topological polar surface area (TPSA) is 90.4 Å². The molecule has 150 valence electrons. The van der Waals surface area contributed by atoms with Crippen molar-refractivity contribution in [2.24, 2.45) is 18.7 Å². The predicted octanol–water partition coefficient (Wildman–Crippen LogP) is 2.18. The number of nitrogens with two attached hydrogens (primary N) is 1. The van der Waals surface area contributed by atoms with Gasteiger partial charge in [-0.15, -0.1) is 0 Å². The second-order valence-corrected chi connectivity index (χ2v) is 7.56. The fourth-order valence-corrected chi connectivity index (χ4v) is 3.78. The zero-order valence-corrected chi connectivity index (χ0v) is 16.6. The number of likely N-dealkylation sites (tertiary alicyclic amines) is 1. The van der Waals surface area contributed by atoms with Crippen molar-refractivity contribution in [3.63, 3.8) is 0 Å². The first-order valence-electron chi connectivity index (χ1n) is 9.37. The molecule has 7 nitrogen and oxygen atoms in total. The van der Waals surface area contributed by atoms with Crippen LogP contribution in [-0.4, -0.2) is 45.7 Å². The minimum atomic E-state index is -0.395. The van der Waals surface area contributed by atoms with Crippen LogP contribution < -0.4 is 10.5 Å². The van der Waals surface area contributed by atoms with E-state index in [0.717, 1.165) is 5.69 Å². The minimum Gasteiger partial charge on any atom is -0.490 e. The summed E-state index contributed by atoms with van der Waals surface area (Å²) in [6.45, 7) is 1.04. The molecule has 1 aromatic carbocycles. The van der Waals surface area contributed by atoms with Crippen LogP contribution in [0.5, 0.6) is 5.75 Å². The largest absolute Gasteiger partial charge is 0.490 e. The van der Waals surface area contributed by atoms with Gasteiger partial charge in [0.2, 0.25) is 11.8 Å². The third kappa shape index (κ3) is 5.25. The van der Waals surface area contributed by atoms with Crippen LogP contribution in [0.25, 0.3) is 0 Å². The molecule has 1 fully saturated rings. The molecule has 1 saturated heterocycles. The van der Waals surface area contributed by atoms with E-state index in [1.165, 1.54) is 0 Å². The number of ether oxygens (including phenoxy) is 1. The van der Waals surface area contributed by atoms with Gasteiger partial charge < -0.3 is 15.4 Å². The second-order valence-electron chi connectivity index (χ2n) is 7.12. The molecule has 2 amide bonds. The van der Waals surface area contributed by atoms with Gasteiger partial charge in [-0.1, -0.05) is 17.7 Å². The van der Waals surface area contributed by atoms with E-state index < -0.39 is 5.91 Å². The molecule has 0 radical (unpaired) electrons. The lowest BCUT2D eigenvalue weighted by atomic mass is 9.90. The number of nitrogens with zero attached hydrogens (tertiary/aromatic N) is 3. The van der Waals surface area contributed by atoms with E-state index in [2.05, 4.69) is 5.10 Å². The molecular weight excluding hydrogens is 380 g/mol. The van der Waals surface area contributed by atoms with Crippen LogP contribution in [0.15, 0.2) is 36.5 Å². The Labute approximate surface area is 169 Å². The summed E-state index contributed by atoms with van der Waals surface area (Å²) >= 11 is 6.02. The molecule has 2 aromatic rings. The lowest BCUT2D eigenvalue weighted by Crippen LogP contribution is -2.49. The Bertz CT molecular complexity index is 838. The van der Waals surface area contributed by atoms with Gasteiger partial charge in [0.15, 0.2) is 0 Å². The van der Waals surface area contributed by atoms with Crippen LogP contribution in [0.4, 0.5) is 0 Å². The van der Waals surface area contributed by atoms with E-state index in [0.29, 0.717) is 43.1 Å². The molecule has 1 aliphatic rings. The van der Waals surface area contributed by atoms with Gasteiger partial charge in [-0.3, -0.25) is 14.3 Å². The average molecular weight is 405 g/mol. The fraction of sp³-hybridized carbons (Fsp3) is 0.450. The fourth-order valence-electron chi connectivity index (χ4n) is 3.60. The zero-order valence-electron chi connectivity index (χ0n) is 15.9. The summed E-state index contributed by atoms with van der Waals surface area (Å²) in [5.74, 6) is 0.180. The number of hydrogen-bond acceptors (Lipinski definition) is 4. The molecule has 0 unspecified atom stereocenters.